The van der Waals surface area contributed by atoms with Gasteiger partial charge in [0.2, 0.25) is 5.95 Å². The molecule has 0 bridgehead atoms. The van der Waals surface area contributed by atoms with Crippen molar-refractivity contribution in [2.24, 2.45) is 0 Å². The minimum absolute atomic E-state index is 0.0394. The number of halogens is 2. The number of anilines is 2. The minimum atomic E-state index is -0.425. The smallest absolute Gasteiger partial charge is 0.322 e. The van der Waals surface area contributed by atoms with Gasteiger partial charge in [-0.1, -0.05) is 41.4 Å². The molecule has 1 aromatic heterocycles. The Morgan fingerprint density at radius 3 is 2.41 bits per heavy atom. The largest absolute Gasteiger partial charge is 0.497 e. The van der Waals surface area contributed by atoms with E-state index in [4.69, 9.17) is 27.9 Å². The molecule has 2 heterocycles. The van der Waals surface area contributed by atoms with Crippen LogP contribution in [-0.4, -0.2) is 40.0 Å². The number of carbonyl (C=O) groups is 2. The van der Waals surface area contributed by atoms with Crippen molar-refractivity contribution >= 4 is 46.8 Å². The Morgan fingerprint density at radius 1 is 0.974 bits per heavy atom. The number of carbonyl (C=O) groups excluding carboxylic acids is 2. The highest BCUT2D eigenvalue weighted by Gasteiger charge is 2.28. The lowest BCUT2D eigenvalue weighted by Crippen LogP contribution is -2.43. The number of nitrogens with zero attached hydrogens (tertiary/aromatic N) is 3. The second-order valence-electron chi connectivity index (χ2n) is 8.75. The molecule has 9 nitrogen and oxygen atoms in total. The third kappa shape index (κ3) is 5.59. The molecule has 4 aromatic rings. The van der Waals surface area contributed by atoms with E-state index in [0.29, 0.717) is 57.0 Å². The average molecular weight is 564 g/mol. The van der Waals surface area contributed by atoms with Gasteiger partial charge in [-0.3, -0.25) is 14.9 Å². The number of hydrogen-bond donors (Lipinski definition) is 2. The molecule has 0 atom stereocenters. The van der Waals surface area contributed by atoms with E-state index in [1.54, 1.807) is 67.8 Å². The zero-order valence-electron chi connectivity index (χ0n) is 20.8. The fraction of sp³-hybridized carbons (Fsp3) is 0.143. The molecule has 1 aliphatic rings. The molecule has 0 radical (unpaired) electrons. The number of fused-ring (bicyclic) bond motifs is 1. The Hall–Kier alpha value is -4.34. The van der Waals surface area contributed by atoms with Crippen LogP contribution < -0.4 is 20.9 Å². The monoisotopic (exact) mass is 563 g/mol. The van der Waals surface area contributed by atoms with Gasteiger partial charge in [0.05, 0.1) is 41.3 Å². The third-order valence-electron chi connectivity index (χ3n) is 6.28. The maximum atomic E-state index is 13.8. The Labute approximate surface area is 233 Å². The summed E-state index contributed by atoms with van der Waals surface area (Å²) >= 11 is 12.2. The van der Waals surface area contributed by atoms with Crippen molar-refractivity contribution in [1.82, 2.24) is 14.5 Å². The second kappa shape index (κ2) is 11.2. The van der Waals surface area contributed by atoms with Gasteiger partial charge < -0.3 is 15.0 Å². The molecule has 0 saturated carbocycles. The summed E-state index contributed by atoms with van der Waals surface area (Å²) in [4.78, 5) is 46.1. The number of aromatic nitrogens is 2. The zero-order chi connectivity index (χ0) is 27.5. The van der Waals surface area contributed by atoms with Crippen molar-refractivity contribution in [3.05, 3.63) is 110 Å². The minimum Gasteiger partial charge on any atom is -0.497 e. The Morgan fingerprint density at radius 2 is 1.72 bits per heavy atom. The molecule has 0 aliphatic carbocycles. The van der Waals surface area contributed by atoms with Gasteiger partial charge in [0, 0.05) is 23.6 Å². The molecule has 0 spiro atoms. The Bertz CT molecular complexity index is 1610. The standard InChI is InChI=1S/C28H23Cl2N5O4/c1-39-20-10-7-17(8-11-20)25(36)33-27-31-23-13-14-34(28(38)32-24-12-9-18(29)15-22(24)30)16-21(23)26(37)35(27)19-5-3-2-4-6-19/h2-12,15H,13-14,16H2,1H3,(H,32,38)(H,31,33,36). The van der Waals surface area contributed by atoms with E-state index in [0.717, 1.165) is 0 Å². The highest BCUT2D eigenvalue weighted by Crippen LogP contribution is 2.27. The van der Waals surface area contributed by atoms with E-state index >= 15 is 0 Å². The number of para-hydroxylation sites is 1. The van der Waals surface area contributed by atoms with Crippen LogP contribution in [0.1, 0.15) is 21.6 Å². The van der Waals surface area contributed by atoms with Crippen molar-refractivity contribution in [3.8, 4) is 11.4 Å². The van der Waals surface area contributed by atoms with E-state index in [1.807, 2.05) is 6.07 Å². The second-order valence-corrected chi connectivity index (χ2v) is 9.59. The predicted molar refractivity (Wildman–Crippen MR) is 150 cm³/mol. The fourth-order valence-electron chi connectivity index (χ4n) is 4.25. The van der Waals surface area contributed by atoms with Crippen molar-refractivity contribution in [2.45, 2.75) is 13.0 Å². The normalized spacial score (nSPS) is 12.4. The highest BCUT2D eigenvalue weighted by atomic mass is 35.5. The van der Waals surface area contributed by atoms with Crippen LogP contribution in [0.2, 0.25) is 10.0 Å². The molecule has 3 aromatic carbocycles. The third-order valence-corrected chi connectivity index (χ3v) is 6.83. The average Bonchev–Trinajstić information content (AvgIpc) is 2.95. The van der Waals surface area contributed by atoms with Gasteiger partial charge in [-0.05, 0) is 54.6 Å². The van der Waals surface area contributed by atoms with Gasteiger partial charge in [-0.2, -0.15) is 0 Å². The molecule has 0 saturated heterocycles. The van der Waals surface area contributed by atoms with Crippen LogP contribution in [0.4, 0.5) is 16.4 Å². The van der Waals surface area contributed by atoms with Crippen LogP contribution in [-0.2, 0) is 13.0 Å². The van der Waals surface area contributed by atoms with E-state index in [2.05, 4.69) is 15.6 Å². The van der Waals surface area contributed by atoms with Gasteiger partial charge in [0.25, 0.3) is 11.5 Å². The highest BCUT2D eigenvalue weighted by molar-refractivity contribution is 6.36. The molecule has 39 heavy (non-hydrogen) atoms. The van der Waals surface area contributed by atoms with Crippen LogP contribution in [0.3, 0.4) is 0 Å². The number of amides is 3. The molecule has 5 rings (SSSR count). The Balaban J connectivity index is 1.46. The molecule has 3 amide bonds. The quantitative estimate of drug-likeness (QED) is 0.338. The SMILES string of the molecule is COc1ccc(C(=O)Nc2nc3c(c(=O)n2-c2ccccc2)CN(C(=O)Nc2ccc(Cl)cc2Cl)CC3)cc1. The summed E-state index contributed by atoms with van der Waals surface area (Å²) in [6, 6.07) is 19.8. The maximum Gasteiger partial charge on any atom is 0.322 e. The fourth-order valence-corrected chi connectivity index (χ4v) is 4.71. The van der Waals surface area contributed by atoms with Crippen molar-refractivity contribution in [1.29, 1.82) is 0 Å². The maximum absolute atomic E-state index is 13.8. The van der Waals surface area contributed by atoms with Gasteiger partial charge in [-0.25, -0.2) is 14.3 Å². The molecule has 0 unspecified atom stereocenters. The summed E-state index contributed by atoms with van der Waals surface area (Å²) in [7, 11) is 1.54. The first-order chi connectivity index (χ1) is 18.8. The summed E-state index contributed by atoms with van der Waals surface area (Å²) < 4.78 is 6.50. The van der Waals surface area contributed by atoms with Crippen molar-refractivity contribution in [3.63, 3.8) is 0 Å². The molecule has 198 valence electrons. The zero-order valence-corrected chi connectivity index (χ0v) is 22.3. The molecular weight excluding hydrogens is 541 g/mol. The molecule has 0 fully saturated rings. The predicted octanol–water partition coefficient (Wildman–Crippen LogP) is 5.39. The molecule has 1 aliphatic heterocycles. The van der Waals surface area contributed by atoms with Crippen molar-refractivity contribution in [2.75, 3.05) is 24.3 Å². The van der Waals surface area contributed by atoms with E-state index < -0.39 is 11.9 Å². The van der Waals surface area contributed by atoms with Crippen molar-refractivity contribution < 1.29 is 14.3 Å². The molecular formula is C28H23Cl2N5O4. The number of urea groups is 1. The number of hydrogen-bond acceptors (Lipinski definition) is 5. The van der Waals surface area contributed by atoms with Crippen LogP contribution in [0.25, 0.3) is 5.69 Å². The topological polar surface area (TPSA) is 106 Å². The number of ether oxygens (including phenoxy) is 1. The van der Waals surface area contributed by atoms with Crippen LogP contribution in [0.5, 0.6) is 5.75 Å². The number of rotatable bonds is 5. The number of benzene rings is 3. The van der Waals surface area contributed by atoms with Gasteiger partial charge in [0.1, 0.15) is 5.75 Å². The van der Waals surface area contributed by atoms with Crippen LogP contribution in [0, 0.1) is 0 Å². The van der Waals surface area contributed by atoms with Gasteiger partial charge >= 0.3 is 6.03 Å². The summed E-state index contributed by atoms with van der Waals surface area (Å²) in [6.07, 6.45) is 0.327. The van der Waals surface area contributed by atoms with Crippen LogP contribution >= 0.6 is 23.2 Å². The molecule has 2 N–H and O–H groups in total. The number of methoxy groups -OCH3 is 1. The summed E-state index contributed by atoms with van der Waals surface area (Å²) in [5.41, 5.74) is 1.82. The first-order valence-electron chi connectivity index (χ1n) is 12.0. The lowest BCUT2D eigenvalue weighted by molar-refractivity contribution is 0.102. The molecule has 11 heteroatoms. The van der Waals surface area contributed by atoms with Gasteiger partial charge in [-0.15, -0.1) is 0 Å². The number of nitrogens with one attached hydrogen (secondary N) is 2. The first kappa shape index (κ1) is 26.3. The van der Waals surface area contributed by atoms with Crippen LogP contribution in [0.15, 0.2) is 77.6 Å². The lowest BCUT2D eigenvalue weighted by Gasteiger charge is -2.29. The summed E-state index contributed by atoms with van der Waals surface area (Å²) in [5, 5.41) is 6.31. The van der Waals surface area contributed by atoms with E-state index in [1.165, 1.54) is 15.5 Å². The lowest BCUT2D eigenvalue weighted by atomic mass is 10.1. The summed E-state index contributed by atoms with van der Waals surface area (Å²) in [6.45, 7) is 0.357. The van der Waals surface area contributed by atoms with E-state index in [9.17, 15) is 14.4 Å². The Kier molecular flexibility index (Phi) is 7.53. The first-order valence-corrected chi connectivity index (χ1v) is 12.8. The van der Waals surface area contributed by atoms with Gasteiger partial charge in [0.15, 0.2) is 0 Å². The van der Waals surface area contributed by atoms with E-state index in [-0.39, 0.29) is 18.1 Å². The summed E-state index contributed by atoms with van der Waals surface area (Å²) in [5.74, 6) is 0.286.